The topological polar surface area (TPSA) is 127 Å². The fourth-order valence-corrected chi connectivity index (χ4v) is 12.0. The lowest BCUT2D eigenvalue weighted by Gasteiger charge is -2.26. The van der Waals surface area contributed by atoms with E-state index >= 15 is 0 Å². The highest BCUT2D eigenvalue weighted by Gasteiger charge is 2.44. The molecule has 1 aliphatic heterocycles. The summed E-state index contributed by atoms with van der Waals surface area (Å²) >= 11 is 43.5. The van der Waals surface area contributed by atoms with Crippen molar-refractivity contribution in [1.82, 2.24) is 19.5 Å². The Hall–Kier alpha value is -2.18. The molecular formula is C35H32Cl7N5O7P2. The number of rotatable bonds is 14. The molecule has 3 atom stereocenters. The third-order valence-electron chi connectivity index (χ3n) is 9.19. The van der Waals surface area contributed by atoms with Crippen molar-refractivity contribution in [2.24, 2.45) is 0 Å². The van der Waals surface area contributed by atoms with Crippen molar-refractivity contribution >= 4 is 113 Å². The minimum absolute atomic E-state index is 0.0000794. The SMILES string of the molecule is CN(c1nc(Cl)nc2c1ncn2[C@H]1CC[C@@H](COP(=O)(CP(=O)(Oc2ccc(Cl)c(Cl)c2)Oc2ccc(Cl)c(Cl)c2)Oc2ccc(Cl)c(Cl)c2)O1)C1CCCC1. The second kappa shape index (κ2) is 17.6. The molecule has 0 amide bonds. The van der Waals surface area contributed by atoms with Crippen LogP contribution < -0.4 is 18.5 Å². The maximum Gasteiger partial charge on any atom is 0.444 e. The van der Waals surface area contributed by atoms with Gasteiger partial charge >= 0.3 is 15.2 Å². The first kappa shape index (κ1) is 42.0. The zero-order valence-corrected chi connectivity index (χ0v) is 36.4. The summed E-state index contributed by atoms with van der Waals surface area (Å²) in [5.41, 5.74) is 1.12. The van der Waals surface area contributed by atoms with Gasteiger partial charge in [0.25, 0.3) is 0 Å². The van der Waals surface area contributed by atoms with Crippen LogP contribution in [0.1, 0.15) is 44.8 Å². The molecule has 21 heteroatoms. The molecule has 1 aliphatic carbocycles. The lowest BCUT2D eigenvalue weighted by atomic mass is 10.2. The average molecular weight is 945 g/mol. The summed E-state index contributed by atoms with van der Waals surface area (Å²) in [6.45, 7) is -0.243. The zero-order chi connectivity index (χ0) is 39.8. The number of halogens is 7. The molecule has 1 saturated carbocycles. The van der Waals surface area contributed by atoms with Crippen LogP contribution in [0.15, 0.2) is 60.9 Å². The summed E-state index contributed by atoms with van der Waals surface area (Å²) < 4.78 is 61.6. The van der Waals surface area contributed by atoms with E-state index in [9.17, 15) is 9.13 Å². The zero-order valence-electron chi connectivity index (χ0n) is 29.3. The number of anilines is 1. The Kier molecular flexibility index (Phi) is 13.2. The molecule has 12 nitrogen and oxygen atoms in total. The maximum absolute atomic E-state index is 14.9. The van der Waals surface area contributed by atoms with Crippen molar-refractivity contribution in [2.45, 2.75) is 56.9 Å². The van der Waals surface area contributed by atoms with Crippen LogP contribution in [0, 0.1) is 0 Å². The van der Waals surface area contributed by atoms with Crippen LogP contribution in [0.5, 0.6) is 17.2 Å². The highest BCUT2D eigenvalue weighted by molar-refractivity contribution is 7.72. The van der Waals surface area contributed by atoms with Gasteiger partial charge in [-0.2, -0.15) is 9.97 Å². The van der Waals surface area contributed by atoms with Crippen LogP contribution in [0.25, 0.3) is 11.2 Å². The third-order valence-corrected chi connectivity index (χ3v) is 16.4. The second-order valence-corrected chi connectivity index (χ2v) is 20.3. The van der Waals surface area contributed by atoms with E-state index in [1.54, 1.807) is 10.9 Å². The molecule has 5 aromatic rings. The molecule has 0 bridgehead atoms. The highest BCUT2D eigenvalue weighted by Crippen LogP contribution is 2.64. The van der Waals surface area contributed by atoms with Gasteiger partial charge in [-0.3, -0.25) is 9.09 Å². The molecule has 2 aromatic heterocycles. The van der Waals surface area contributed by atoms with Crippen LogP contribution >= 0.6 is 96.4 Å². The first-order chi connectivity index (χ1) is 26.7. The molecule has 298 valence electrons. The maximum atomic E-state index is 14.9. The summed E-state index contributed by atoms with van der Waals surface area (Å²) in [6, 6.07) is 13.0. The second-order valence-electron chi connectivity index (χ2n) is 13.1. The molecule has 2 fully saturated rings. The van der Waals surface area contributed by atoms with Gasteiger partial charge in [-0.05, 0) is 73.7 Å². The van der Waals surface area contributed by atoms with E-state index in [4.69, 9.17) is 104 Å². The van der Waals surface area contributed by atoms with Crippen molar-refractivity contribution in [1.29, 1.82) is 0 Å². The van der Waals surface area contributed by atoms with Crippen molar-refractivity contribution in [3.63, 3.8) is 0 Å². The first-order valence-electron chi connectivity index (χ1n) is 17.2. The van der Waals surface area contributed by atoms with Gasteiger partial charge in [0.1, 0.15) is 23.5 Å². The van der Waals surface area contributed by atoms with Crippen LogP contribution in [0.3, 0.4) is 0 Å². The molecule has 3 heterocycles. The Morgan fingerprint density at radius 2 is 1.27 bits per heavy atom. The smallest absolute Gasteiger partial charge is 0.424 e. The standard InChI is InChI=1S/C35H32Cl7N5O7P2/c1-46(20-4-2-3-5-20)33-32-34(45-35(42)44-33)47(18-43-32)31-13-9-24(51-31)17-50-55(48,52-21-6-10-25(36)28(39)14-21)19-56(49,53-22-7-11-26(37)29(40)15-22)54-23-8-12-27(38)30(41)16-23/h6-8,10-12,14-16,18,20,24,31H,2-5,9,13,17,19H2,1H3/t24-,31+,55?/m0/s1. The monoisotopic (exact) mass is 941 g/mol. The Labute approximate surface area is 357 Å². The largest absolute Gasteiger partial charge is 0.444 e. The van der Waals surface area contributed by atoms with Crippen molar-refractivity contribution in [3.05, 3.63) is 96.3 Å². The first-order valence-corrected chi connectivity index (χ1v) is 23.3. The summed E-state index contributed by atoms with van der Waals surface area (Å²) in [6.07, 6.45) is 5.99. The molecule has 0 N–H and O–H groups in total. The third kappa shape index (κ3) is 9.81. The van der Waals surface area contributed by atoms with Crippen molar-refractivity contribution < 1.29 is 32.0 Å². The molecule has 1 unspecified atom stereocenters. The normalized spacial score (nSPS) is 18.6. The van der Waals surface area contributed by atoms with Gasteiger partial charge < -0.3 is 23.2 Å². The molecule has 1 saturated heterocycles. The molecule has 56 heavy (non-hydrogen) atoms. The number of imidazole rings is 1. The number of benzene rings is 3. The number of hydrogen-bond acceptors (Lipinski definition) is 11. The predicted molar refractivity (Wildman–Crippen MR) is 221 cm³/mol. The van der Waals surface area contributed by atoms with E-state index < -0.39 is 33.4 Å². The quantitative estimate of drug-likeness (QED) is 0.0780. The number of fused-ring (bicyclic) bond motifs is 1. The van der Waals surface area contributed by atoms with E-state index in [0.29, 0.717) is 35.9 Å². The lowest BCUT2D eigenvalue weighted by molar-refractivity contribution is -0.0171. The minimum Gasteiger partial charge on any atom is -0.424 e. The molecule has 0 radical (unpaired) electrons. The van der Waals surface area contributed by atoms with E-state index in [0.717, 1.165) is 25.7 Å². The number of ether oxygens (including phenoxy) is 1. The van der Waals surface area contributed by atoms with E-state index in [2.05, 4.69) is 19.9 Å². The van der Waals surface area contributed by atoms with Gasteiger partial charge in [0.05, 0.1) is 49.2 Å². The molecular weight excluding hydrogens is 913 g/mol. The summed E-state index contributed by atoms with van der Waals surface area (Å²) in [5.74, 6) is -0.224. The number of aromatic nitrogens is 4. The van der Waals surface area contributed by atoms with E-state index in [1.807, 2.05) is 7.05 Å². The summed E-state index contributed by atoms with van der Waals surface area (Å²) in [7, 11) is -7.04. The van der Waals surface area contributed by atoms with Crippen LogP contribution in [-0.4, -0.2) is 51.2 Å². The Morgan fingerprint density at radius 3 is 1.80 bits per heavy atom. The van der Waals surface area contributed by atoms with Crippen LogP contribution in [0.2, 0.25) is 35.4 Å². The van der Waals surface area contributed by atoms with Gasteiger partial charge in [-0.1, -0.05) is 82.4 Å². The average Bonchev–Trinajstić information content (AvgIpc) is 3.93. The fourth-order valence-electron chi connectivity index (χ4n) is 6.47. The molecule has 2 aliphatic rings. The highest BCUT2D eigenvalue weighted by atomic mass is 35.5. The van der Waals surface area contributed by atoms with Crippen molar-refractivity contribution in [3.8, 4) is 17.2 Å². The molecule has 7 rings (SSSR count). The van der Waals surface area contributed by atoms with Gasteiger partial charge in [0, 0.05) is 31.3 Å². The number of nitrogens with zero attached hydrogens (tertiary/aromatic N) is 5. The summed E-state index contributed by atoms with van der Waals surface area (Å²) in [5, 5.41) is 1.11. The fraction of sp³-hybridized carbons (Fsp3) is 0.343. The van der Waals surface area contributed by atoms with Crippen molar-refractivity contribution in [2.75, 3.05) is 24.5 Å². The number of hydrogen-bond donors (Lipinski definition) is 0. The van der Waals surface area contributed by atoms with Gasteiger partial charge in [-0.15, -0.1) is 0 Å². The molecule has 0 spiro atoms. The molecule has 3 aromatic carbocycles. The Balaban J connectivity index is 1.14. The van der Waals surface area contributed by atoms with E-state index in [1.165, 1.54) is 54.6 Å². The van der Waals surface area contributed by atoms with Crippen LogP contribution in [-0.2, 0) is 18.4 Å². The van der Waals surface area contributed by atoms with Gasteiger partial charge in [0.15, 0.2) is 22.9 Å². The van der Waals surface area contributed by atoms with Gasteiger partial charge in [0.2, 0.25) is 5.28 Å². The summed E-state index contributed by atoms with van der Waals surface area (Å²) in [4.78, 5) is 15.8. The lowest BCUT2D eigenvalue weighted by Crippen LogP contribution is -2.30. The minimum atomic E-state index is -4.54. The Morgan fingerprint density at radius 1 is 0.732 bits per heavy atom. The predicted octanol–water partition coefficient (Wildman–Crippen LogP) is 13.1. The van der Waals surface area contributed by atoms with Crippen LogP contribution in [0.4, 0.5) is 5.82 Å². The van der Waals surface area contributed by atoms with Gasteiger partial charge in [-0.25, -0.2) is 14.1 Å². The van der Waals surface area contributed by atoms with E-state index in [-0.39, 0.29) is 59.3 Å². The Bertz CT molecular complexity index is 2290.